The molecule has 106 valence electrons. The van der Waals surface area contributed by atoms with Gasteiger partial charge in [0.15, 0.2) is 0 Å². The van der Waals surface area contributed by atoms with Crippen molar-refractivity contribution in [3.63, 3.8) is 0 Å². The van der Waals surface area contributed by atoms with Crippen LogP contribution in [0.3, 0.4) is 0 Å². The molecule has 0 saturated heterocycles. The molecule has 0 N–H and O–H groups in total. The van der Waals surface area contributed by atoms with Gasteiger partial charge in [-0.25, -0.2) is 0 Å². The molecule has 0 amide bonds. The Hall–Kier alpha value is -1.35. The number of aromatic nitrogens is 3. The highest BCUT2D eigenvalue weighted by Gasteiger charge is 2.27. The first-order chi connectivity index (χ1) is 9.72. The normalized spacial score (nSPS) is 18.3. The first-order valence-electron chi connectivity index (χ1n) is 7.29. The molecule has 20 heavy (non-hydrogen) atoms. The summed E-state index contributed by atoms with van der Waals surface area (Å²) in [5.41, 5.74) is 2.86. The van der Waals surface area contributed by atoms with Gasteiger partial charge in [-0.3, -0.25) is 0 Å². The number of nitrogens with zero attached hydrogens (tertiary/aromatic N) is 3. The summed E-state index contributed by atoms with van der Waals surface area (Å²) in [6.45, 7) is 4.33. The molecule has 0 spiro atoms. The molecule has 0 saturated carbocycles. The third-order valence-corrected chi connectivity index (χ3v) is 4.35. The van der Waals surface area contributed by atoms with Gasteiger partial charge in [-0.15, -0.1) is 21.8 Å². The SMILES string of the molecule is CC(C)n1c(CCl)nnc1C1CCCc2ccccc21. The van der Waals surface area contributed by atoms with Gasteiger partial charge in [0.2, 0.25) is 0 Å². The third-order valence-electron chi connectivity index (χ3n) is 4.11. The zero-order chi connectivity index (χ0) is 14.1. The maximum atomic E-state index is 6.01. The van der Waals surface area contributed by atoms with E-state index < -0.39 is 0 Å². The van der Waals surface area contributed by atoms with E-state index in [-0.39, 0.29) is 0 Å². The van der Waals surface area contributed by atoms with Crippen LogP contribution in [0.4, 0.5) is 0 Å². The molecule has 0 aliphatic heterocycles. The number of rotatable bonds is 3. The first kappa shape index (κ1) is 13.6. The lowest BCUT2D eigenvalue weighted by Gasteiger charge is -2.26. The summed E-state index contributed by atoms with van der Waals surface area (Å²) >= 11 is 6.01. The molecule has 1 aromatic carbocycles. The van der Waals surface area contributed by atoms with E-state index in [0.29, 0.717) is 17.8 Å². The molecule has 1 aromatic heterocycles. The van der Waals surface area contributed by atoms with Crippen molar-refractivity contribution in [2.24, 2.45) is 0 Å². The molecule has 2 aromatic rings. The van der Waals surface area contributed by atoms with Crippen LogP contribution in [0.5, 0.6) is 0 Å². The molecular weight excluding hydrogens is 270 g/mol. The van der Waals surface area contributed by atoms with E-state index in [1.807, 2.05) is 0 Å². The van der Waals surface area contributed by atoms with Gasteiger partial charge in [0.1, 0.15) is 11.6 Å². The molecule has 0 fully saturated rings. The van der Waals surface area contributed by atoms with Crippen LogP contribution in [0, 0.1) is 0 Å². The van der Waals surface area contributed by atoms with E-state index >= 15 is 0 Å². The van der Waals surface area contributed by atoms with E-state index in [2.05, 4.69) is 52.9 Å². The van der Waals surface area contributed by atoms with Gasteiger partial charge in [-0.1, -0.05) is 24.3 Å². The van der Waals surface area contributed by atoms with Gasteiger partial charge in [0.25, 0.3) is 0 Å². The van der Waals surface area contributed by atoms with Crippen LogP contribution in [0.15, 0.2) is 24.3 Å². The molecule has 1 unspecified atom stereocenters. The molecule has 1 atom stereocenters. The quantitative estimate of drug-likeness (QED) is 0.798. The second-order valence-corrected chi connectivity index (χ2v) is 5.98. The molecular formula is C16H20ClN3. The maximum Gasteiger partial charge on any atom is 0.148 e. The summed E-state index contributed by atoms with van der Waals surface area (Å²) in [4.78, 5) is 0. The average molecular weight is 290 g/mol. The Labute approximate surface area is 125 Å². The highest BCUT2D eigenvalue weighted by molar-refractivity contribution is 6.16. The number of hydrogen-bond acceptors (Lipinski definition) is 2. The molecule has 3 rings (SSSR count). The number of benzene rings is 1. The Morgan fingerprint density at radius 2 is 2.10 bits per heavy atom. The van der Waals surface area contributed by atoms with Crippen LogP contribution in [0.25, 0.3) is 0 Å². The minimum Gasteiger partial charge on any atom is -0.311 e. The molecule has 0 radical (unpaired) electrons. The molecule has 1 aliphatic carbocycles. The van der Waals surface area contributed by atoms with Crippen molar-refractivity contribution in [3.05, 3.63) is 47.0 Å². The number of halogens is 1. The molecule has 4 heteroatoms. The fraction of sp³-hybridized carbons (Fsp3) is 0.500. The molecule has 1 heterocycles. The van der Waals surface area contributed by atoms with E-state index in [9.17, 15) is 0 Å². The van der Waals surface area contributed by atoms with Gasteiger partial charge >= 0.3 is 0 Å². The summed E-state index contributed by atoms with van der Waals surface area (Å²) in [5.74, 6) is 2.72. The Morgan fingerprint density at radius 3 is 2.85 bits per heavy atom. The number of hydrogen-bond donors (Lipinski definition) is 0. The minimum atomic E-state index is 0.336. The second kappa shape index (κ2) is 5.57. The standard InChI is InChI=1S/C16H20ClN3/c1-11(2)20-15(10-17)18-19-16(20)14-9-5-7-12-6-3-4-8-13(12)14/h3-4,6,8,11,14H,5,7,9-10H2,1-2H3. The summed E-state index contributed by atoms with van der Waals surface area (Å²) < 4.78 is 2.21. The maximum absolute atomic E-state index is 6.01. The Morgan fingerprint density at radius 1 is 1.30 bits per heavy atom. The summed E-state index contributed by atoms with van der Waals surface area (Å²) in [6.07, 6.45) is 3.53. The molecule has 3 nitrogen and oxygen atoms in total. The smallest absolute Gasteiger partial charge is 0.148 e. The van der Waals surface area contributed by atoms with Crippen molar-refractivity contribution in [3.8, 4) is 0 Å². The van der Waals surface area contributed by atoms with Crippen molar-refractivity contribution in [2.75, 3.05) is 0 Å². The summed E-state index contributed by atoms with van der Waals surface area (Å²) in [5, 5.41) is 8.74. The van der Waals surface area contributed by atoms with Crippen molar-refractivity contribution < 1.29 is 0 Å². The van der Waals surface area contributed by atoms with Crippen molar-refractivity contribution in [1.82, 2.24) is 14.8 Å². The third kappa shape index (κ3) is 2.24. The largest absolute Gasteiger partial charge is 0.311 e. The predicted molar refractivity (Wildman–Crippen MR) is 81.2 cm³/mol. The van der Waals surface area contributed by atoms with Crippen LogP contribution >= 0.6 is 11.6 Å². The van der Waals surface area contributed by atoms with Gasteiger partial charge in [-0.2, -0.15) is 0 Å². The average Bonchev–Trinajstić information content (AvgIpc) is 2.90. The lowest BCUT2D eigenvalue weighted by molar-refractivity contribution is 0.505. The van der Waals surface area contributed by atoms with Crippen LogP contribution in [0.2, 0.25) is 0 Å². The molecule has 1 aliphatic rings. The van der Waals surface area contributed by atoms with E-state index in [0.717, 1.165) is 18.1 Å². The fourth-order valence-corrected chi connectivity index (χ4v) is 3.43. The lowest BCUT2D eigenvalue weighted by atomic mass is 9.82. The van der Waals surface area contributed by atoms with Gasteiger partial charge in [-0.05, 0) is 44.2 Å². The number of alkyl halides is 1. The fourth-order valence-electron chi connectivity index (χ4n) is 3.25. The van der Waals surface area contributed by atoms with Crippen LogP contribution < -0.4 is 0 Å². The topological polar surface area (TPSA) is 30.7 Å². The Kier molecular flexibility index (Phi) is 3.79. The zero-order valence-corrected chi connectivity index (χ0v) is 12.8. The monoisotopic (exact) mass is 289 g/mol. The zero-order valence-electron chi connectivity index (χ0n) is 12.0. The number of aryl methyl sites for hydroxylation is 1. The first-order valence-corrected chi connectivity index (χ1v) is 7.83. The van der Waals surface area contributed by atoms with Crippen LogP contribution in [0.1, 0.15) is 61.4 Å². The summed E-state index contributed by atoms with van der Waals surface area (Å²) in [7, 11) is 0. The summed E-state index contributed by atoms with van der Waals surface area (Å²) in [6, 6.07) is 9.05. The second-order valence-electron chi connectivity index (χ2n) is 5.72. The van der Waals surface area contributed by atoms with Crippen molar-refractivity contribution in [1.29, 1.82) is 0 Å². The number of fused-ring (bicyclic) bond motifs is 1. The van der Waals surface area contributed by atoms with Gasteiger partial charge < -0.3 is 4.57 Å². The van der Waals surface area contributed by atoms with E-state index in [1.165, 1.54) is 24.0 Å². The minimum absolute atomic E-state index is 0.336. The van der Waals surface area contributed by atoms with Crippen molar-refractivity contribution in [2.45, 2.75) is 50.9 Å². The van der Waals surface area contributed by atoms with Crippen LogP contribution in [-0.4, -0.2) is 14.8 Å². The van der Waals surface area contributed by atoms with Gasteiger partial charge in [0.05, 0.1) is 5.88 Å². The van der Waals surface area contributed by atoms with Gasteiger partial charge in [0, 0.05) is 12.0 Å². The molecule has 0 bridgehead atoms. The van der Waals surface area contributed by atoms with Crippen LogP contribution in [-0.2, 0) is 12.3 Å². The van der Waals surface area contributed by atoms with Crippen molar-refractivity contribution >= 4 is 11.6 Å². The highest BCUT2D eigenvalue weighted by Crippen LogP contribution is 2.36. The predicted octanol–water partition coefficient (Wildman–Crippen LogP) is 4.07. The highest BCUT2D eigenvalue weighted by atomic mass is 35.5. The lowest BCUT2D eigenvalue weighted by Crippen LogP contribution is -2.18. The Balaban J connectivity index is 2.09. The Bertz CT molecular complexity index is 604. The van der Waals surface area contributed by atoms with E-state index in [1.54, 1.807) is 0 Å². The van der Waals surface area contributed by atoms with E-state index in [4.69, 9.17) is 11.6 Å².